The summed E-state index contributed by atoms with van der Waals surface area (Å²) in [6, 6.07) is 0.469. The molecular formula is C10H24N2O2S2. The van der Waals surface area contributed by atoms with Gasteiger partial charge in [-0.2, -0.15) is 11.8 Å². The molecule has 0 rings (SSSR count). The predicted octanol–water partition coefficient (Wildman–Crippen LogP) is 1.05. The molecule has 6 heteroatoms. The summed E-state index contributed by atoms with van der Waals surface area (Å²) in [4.78, 5) is 0. The average Bonchev–Trinajstić information content (AvgIpc) is 2.16. The van der Waals surface area contributed by atoms with E-state index in [2.05, 4.69) is 23.9 Å². The Morgan fingerprint density at radius 2 is 1.88 bits per heavy atom. The van der Waals surface area contributed by atoms with Gasteiger partial charge in [0.15, 0.2) is 0 Å². The highest BCUT2D eigenvalue weighted by Gasteiger charge is 2.08. The van der Waals surface area contributed by atoms with E-state index in [4.69, 9.17) is 0 Å². The van der Waals surface area contributed by atoms with Gasteiger partial charge in [-0.15, -0.1) is 0 Å². The molecule has 0 aromatic heterocycles. The van der Waals surface area contributed by atoms with Gasteiger partial charge in [0.2, 0.25) is 10.0 Å². The molecule has 0 saturated carbocycles. The van der Waals surface area contributed by atoms with E-state index in [1.807, 2.05) is 6.26 Å². The van der Waals surface area contributed by atoms with Crippen LogP contribution in [-0.4, -0.2) is 45.3 Å². The van der Waals surface area contributed by atoms with Crippen LogP contribution in [-0.2, 0) is 10.0 Å². The summed E-state index contributed by atoms with van der Waals surface area (Å²) >= 11 is 1.64. The third-order valence-corrected chi connectivity index (χ3v) is 4.10. The molecule has 4 nitrogen and oxygen atoms in total. The van der Waals surface area contributed by atoms with Crippen LogP contribution in [0.2, 0.25) is 0 Å². The van der Waals surface area contributed by atoms with Crippen molar-refractivity contribution < 1.29 is 8.42 Å². The van der Waals surface area contributed by atoms with E-state index in [9.17, 15) is 8.42 Å². The molecule has 0 fully saturated rings. The molecule has 0 saturated heterocycles. The number of unbranched alkanes of at least 4 members (excludes halogenated alkanes) is 1. The van der Waals surface area contributed by atoms with E-state index in [0.29, 0.717) is 19.0 Å². The lowest BCUT2D eigenvalue weighted by atomic mass is 10.3. The first-order valence-electron chi connectivity index (χ1n) is 5.67. The first kappa shape index (κ1) is 16.2. The van der Waals surface area contributed by atoms with Crippen LogP contribution >= 0.6 is 11.8 Å². The average molecular weight is 268 g/mol. The zero-order valence-corrected chi connectivity index (χ0v) is 12.1. The van der Waals surface area contributed by atoms with E-state index < -0.39 is 10.0 Å². The summed E-state index contributed by atoms with van der Waals surface area (Å²) in [5.41, 5.74) is 0. The Bertz CT molecular complexity index is 254. The van der Waals surface area contributed by atoms with E-state index >= 15 is 0 Å². The highest BCUT2D eigenvalue weighted by atomic mass is 32.2. The summed E-state index contributed by atoms with van der Waals surface area (Å²) in [6.45, 7) is 5.59. The maximum absolute atomic E-state index is 11.5. The maximum Gasteiger partial charge on any atom is 0.211 e. The van der Waals surface area contributed by atoms with Crippen molar-refractivity contribution in [3.63, 3.8) is 0 Å². The Morgan fingerprint density at radius 1 is 1.19 bits per heavy atom. The van der Waals surface area contributed by atoms with Crippen molar-refractivity contribution in [2.75, 3.05) is 30.9 Å². The molecule has 0 aliphatic rings. The first-order valence-corrected chi connectivity index (χ1v) is 8.72. The van der Waals surface area contributed by atoms with Crippen LogP contribution in [0.15, 0.2) is 0 Å². The topological polar surface area (TPSA) is 58.2 Å². The molecule has 0 amide bonds. The highest BCUT2D eigenvalue weighted by molar-refractivity contribution is 7.98. The zero-order chi connectivity index (χ0) is 12.4. The van der Waals surface area contributed by atoms with Crippen LogP contribution in [0.5, 0.6) is 0 Å². The van der Waals surface area contributed by atoms with Crippen molar-refractivity contribution in [2.24, 2.45) is 0 Å². The Morgan fingerprint density at radius 3 is 2.44 bits per heavy atom. The summed E-state index contributed by atoms with van der Waals surface area (Å²) < 4.78 is 25.5. The number of sulfonamides is 1. The summed E-state index contributed by atoms with van der Waals surface area (Å²) in [5.74, 6) is 1.06. The minimum absolute atomic E-state index is 0.237. The van der Waals surface area contributed by atoms with Crippen molar-refractivity contribution in [3.8, 4) is 0 Å². The fourth-order valence-electron chi connectivity index (χ4n) is 1.18. The Hall–Kier alpha value is 0.220. The van der Waals surface area contributed by atoms with Gasteiger partial charge < -0.3 is 5.32 Å². The van der Waals surface area contributed by atoms with E-state index in [-0.39, 0.29) is 5.75 Å². The maximum atomic E-state index is 11.5. The normalized spacial score (nSPS) is 12.2. The molecule has 0 aliphatic heterocycles. The van der Waals surface area contributed by atoms with Gasteiger partial charge in [-0.1, -0.05) is 13.8 Å². The minimum Gasteiger partial charge on any atom is -0.315 e. The quantitative estimate of drug-likeness (QED) is 0.581. The minimum atomic E-state index is -3.05. The second-order valence-electron chi connectivity index (χ2n) is 4.02. The van der Waals surface area contributed by atoms with Gasteiger partial charge in [0, 0.05) is 18.3 Å². The predicted molar refractivity (Wildman–Crippen MR) is 72.5 cm³/mol. The van der Waals surface area contributed by atoms with Crippen molar-refractivity contribution >= 4 is 21.8 Å². The molecule has 0 spiro atoms. The molecule has 16 heavy (non-hydrogen) atoms. The van der Waals surface area contributed by atoms with Crippen LogP contribution in [0.25, 0.3) is 0 Å². The van der Waals surface area contributed by atoms with Gasteiger partial charge in [-0.3, -0.25) is 0 Å². The second kappa shape index (κ2) is 9.27. The molecule has 0 aromatic carbocycles. The van der Waals surface area contributed by atoms with Gasteiger partial charge in [0.1, 0.15) is 0 Å². The summed E-state index contributed by atoms with van der Waals surface area (Å²) in [5, 5.41) is 3.27. The van der Waals surface area contributed by atoms with Crippen LogP contribution in [0.4, 0.5) is 0 Å². The van der Waals surface area contributed by atoms with Crippen LogP contribution in [0.1, 0.15) is 26.7 Å². The molecule has 0 radical (unpaired) electrons. The molecule has 0 aromatic rings. The number of hydrogen-bond acceptors (Lipinski definition) is 4. The lowest BCUT2D eigenvalue weighted by Crippen LogP contribution is -2.29. The molecule has 0 bridgehead atoms. The van der Waals surface area contributed by atoms with Crippen molar-refractivity contribution in [1.29, 1.82) is 0 Å². The molecule has 0 aliphatic carbocycles. The standard InChI is InChI=1S/C10H24N2O2S2/c1-10(2)11-6-4-5-9-16(13,14)12-7-8-15-3/h10-12H,4-9H2,1-3H3. The van der Waals surface area contributed by atoms with Crippen LogP contribution < -0.4 is 10.0 Å². The third-order valence-electron chi connectivity index (χ3n) is 2.02. The Kier molecular flexibility index (Phi) is 9.40. The first-order chi connectivity index (χ1) is 7.48. The van der Waals surface area contributed by atoms with E-state index in [1.165, 1.54) is 0 Å². The number of thioether (sulfide) groups is 1. The number of nitrogens with one attached hydrogen (secondary N) is 2. The van der Waals surface area contributed by atoms with Gasteiger partial charge in [0.05, 0.1) is 5.75 Å². The van der Waals surface area contributed by atoms with Crippen molar-refractivity contribution in [1.82, 2.24) is 10.0 Å². The lowest BCUT2D eigenvalue weighted by molar-refractivity contribution is 0.556. The fraction of sp³-hybridized carbons (Fsp3) is 1.00. The van der Waals surface area contributed by atoms with Gasteiger partial charge >= 0.3 is 0 Å². The molecule has 0 unspecified atom stereocenters. The molecule has 0 heterocycles. The van der Waals surface area contributed by atoms with E-state index in [1.54, 1.807) is 11.8 Å². The van der Waals surface area contributed by atoms with Crippen LogP contribution in [0, 0.1) is 0 Å². The van der Waals surface area contributed by atoms with E-state index in [0.717, 1.165) is 18.7 Å². The summed E-state index contributed by atoms with van der Waals surface area (Å²) in [7, 11) is -3.05. The Balaban J connectivity index is 3.51. The molecule has 98 valence electrons. The number of rotatable bonds is 10. The molecule has 2 N–H and O–H groups in total. The monoisotopic (exact) mass is 268 g/mol. The second-order valence-corrected chi connectivity index (χ2v) is 6.93. The SMILES string of the molecule is CSCCNS(=O)(=O)CCCCNC(C)C. The zero-order valence-electron chi connectivity index (χ0n) is 10.5. The summed E-state index contributed by atoms with van der Waals surface area (Å²) in [6.07, 6.45) is 3.59. The van der Waals surface area contributed by atoms with Crippen LogP contribution in [0.3, 0.4) is 0 Å². The number of hydrogen-bond donors (Lipinski definition) is 2. The van der Waals surface area contributed by atoms with Gasteiger partial charge in [0.25, 0.3) is 0 Å². The Labute approximate surface area is 104 Å². The van der Waals surface area contributed by atoms with Gasteiger partial charge in [-0.25, -0.2) is 13.1 Å². The lowest BCUT2D eigenvalue weighted by Gasteiger charge is -2.08. The largest absolute Gasteiger partial charge is 0.315 e. The fourth-order valence-corrected chi connectivity index (χ4v) is 2.76. The molecule has 0 atom stereocenters. The van der Waals surface area contributed by atoms with Crippen molar-refractivity contribution in [3.05, 3.63) is 0 Å². The van der Waals surface area contributed by atoms with Gasteiger partial charge in [-0.05, 0) is 25.6 Å². The molecular weight excluding hydrogens is 244 g/mol. The smallest absolute Gasteiger partial charge is 0.211 e. The highest BCUT2D eigenvalue weighted by Crippen LogP contribution is 1.95. The third kappa shape index (κ3) is 10.7. The van der Waals surface area contributed by atoms with Crippen molar-refractivity contribution in [2.45, 2.75) is 32.7 Å².